The van der Waals surface area contributed by atoms with Gasteiger partial charge in [-0.15, -0.1) is 0 Å². The van der Waals surface area contributed by atoms with Crippen LogP contribution in [0.1, 0.15) is 12.5 Å². The van der Waals surface area contributed by atoms with E-state index < -0.39 is 0 Å². The average Bonchev–Trinajstić information content (AvgIpc) is 2.45. The number of ether oxygens (including phenoxy) is 1. The van der Waals surface area contributed by atoms with Crippen molar-refractivity contribution in [2.45, 2.75) is 13.8 Å². The van der Waals surface area contributed by atoms with Gasteiger partial charge in [-0.05, 0) is 55.9 Å². The quantitative estimate of drug-likeness (QED) is 0.823. The van der Waals surface area contributed by atoms with Crippen LogP contribution in [0.3, 0.4) is 0 Å². The fraction of sp³-hybridized carbons (Fsp3) is 0.188. The topological polar surface area (TPSA) is 33.3 Å². The molecule has 5 heteroatoms. The largest absolute Gasteiger partial charge is 0.492 e. The third-order valence-corrected chi connectivity index (χ3v) is 3.01. The lowest BCUT2D eigenvalue weighted by Crippen LogP contribution is -2.20. The van der Waals surface area contributed by atoms with Gasteiger partial charge in [0.2, 0.25) is 0 Å². The standard InChI is InChI=1S/C16H17FN2OS/c1-3-20-15-7-5-4-6-13(15)18-16(21)19-14-10-11(2)8-9-12(14)17/h4-10H,3H2,1-2H3,(H2,18,19,21). The summed E-state index contributed by atoms with van der Waals surface area (Å²) in [6.45, 7) is 4.37. The Bertz CT molecular complexity index is 646. The van der Waals surface area contributed by atoms with Crippen LogP contribution in [0.15, 0.2) is 42.5 Å². The van der Waals surface area contributed by atoms with E-state index in [1.54, 1.807) is 12.1 Å². The summed E-state index contributed by atoms with van der Waals surface area (Å²) in [7, 11) is 0. The summed E-state index contributed by atoms with van der Waals surface area (Å²) in [5.41, 5.74) is 2.04. The summed E-state index contributed by atoms with van der Waals surface area (Å²) in [5, 5.41) is 6.19. The number of halogens is 1. The van der Waals surface area contributed by atoms with Crippen molar-refractivity contribution in [2.75, 3.05) is 17.2 Å². The van der Waals surface area contributed by atoms with Gasteiger partial charge in [0, 0.05) is 0 Å². The zero-order chi connectivity index (χ0) is 15.2. The van der Waals surface area contributed by atoms with Crippen molar-refractivity contribution in [3.8, 4) is 5.75 Å². The van der Waals surface area contributed by atoms with Crippen LogP contribution in [0, 0.1) is 12.7 Å². The maximum Gasteiger partial charge on any atom is 0.175 e. The van der Waals surface area contributed by atoms with Gasteiger partial charge in [0.15, 0.2) is 5.11 Å². The summed E-state index contributed by atoms with van der Waals surface area (Å²) in [4.78, 5) is 0. The van der Waals surface area contributed by atoms with E-state index >= 15 is 0 Å². The van der Waals surface area contributed by atoms with Gasteiger partial charge in [0.25, 0.3) is 0 Å². The van der Waals surface area contributed by atoms with Crippen LogP contribution < -0.4 is 15.4 Å². The number of anilines is 2. The Kier molecular flexibility index (Phi) is 5.11. The molecule has 0 heterocycles. The number of thiocarbonyl (C=S) groups is 1. The Morgan fingerprint density at radius 2 is 1.86 bits per heavy atom. The summed E-state index contributed by atoms with van der Waals surface area (Å²) in [6, 6.07) is 12.3. The molecule has 0 atom stereocenters. The molecule has 0 aromatic heterocycles. The molecule has 2 aromatic carbocycles. The zero-order valence-corrected chi connectivity index (χ0v) is 12.8. The summed E-state index contributed by atoms with van der Waals surface area (Å²) in [6.07, 6.45) is 0. The van der Waals surface area contributed by atoms with Gasteiger partial charge >= 0.3 is 0 Å². The first-order valence-corrected chi connectivity index (χ1v) is 7.07. The minimum Gasteiger partial charge on any atom is -0.492 e. The van der Waals surface area contributed by atoms with Crippen LogP contribution in [0.5, 0.6) is 5.75 Å². The van der Waals surface area contributed by atoms with Crippen LogP contribution >= 0.6 is 12.2 Å². The molecule has 0 radical (unpaired) electrons. The Hall–Kier alpha value is -2.14. The highest BCUT2D eigenvalue weighted by Gasteiger charge is 2.07. The van der Waals surface area contributed by atoms with Crippen molar-refractivity contribution >= 4 is 28.7 Å². The van der Waals surface area contributed by atoms with E-state index in [1.165, 1.54) is 6.07 Å². The Morgan fingerprint density at radius 3 is 2.62 bits per heavy atom. The molecule has 21 heavy (non-hydrogen) atoms. The van der Waals surface area contributed by atoms with Gasteiger partial charge in [0.05, 0.1) is 18.0 Å². The molecule has 0 bridgehead atoms. The van der Waals surface area contributed by atoms with Crippen LogP contribution in [-0.2, 0) is 0 Å². The maximum atomic E-state index is 13.7. The predicted octanol–water partition coefficient (Wildman–Crippen LogP) is 4.34. The first kappa shape index (κ1) is 15.3. The number of hydrogen-bond donors (Lipinski definition) is 2. The van der Waals surface area contributed by atoms with Crippen molar-refractivity contribution < 1.29 is 9.13 Å². The van der Waals surface area contributed by atoms with Crippen molar-refractivity contribution in [2.24, 2.45) is 0 Å². The number of aryl methyl sites for hydroxylation is 1. The van der Waals surface area contributed by atoms with Crippen LogP contribution in [0.25, 0.3) is 0 Å². The molecule has 0 saturated heterocycles. The summed E-state index contributed by atoms with van der Waals surface area (Å²) in [5.74, 6) is 0.358. The molecule has 0 unspecified atom stereocenters. The molecule has 0 saturated carbocycles. The average molecular weight is 304 g/mol. The smallest absolute Gasteiger partial charge is 0.175 e. The van der Waals surface area contributed by atoms with E-state index in [0.29, 0.717) is 23.2 Å². The van der Waals surface area contributed by atoms with Gasteiger partial charge in [-0.3, -0.25) is 0 Å². The van der Waals surface area contributed by atoms with E-state index in [1.807, 2.05) is 38.1 Å². The molecule has 0 spiro atoms. The molecule has 0 fully saturated rings. The summed E-state index contributed by atoms with van der Waals surface area (Å²) < 4.78 is 19.2. The number of rotatable bonds is 4. The number of benzene rings is 2. The maximum absolute atomic E-state index is 13.7. The molecular weight excluding hydrogens is 287 g/mol. The third-order valence-electron chi connectivity index (χ3n) is 2.81. The van der Waals surface area contributed by atoms with Crippen molar-refractivity contribution in [1.82, 2.24) is 0 Å². The van der Waals surface area contributed by atoms with Crippen molar-refractivity contribution in [1.29, 1.82) is 0 Å². The lowest BCUT2D eigenvalue weighted by molar-refractivity contribution is 0.342. The molecule has 3 nitrogen and oxygen atoms in total. The van der Waals surface area contributed by atoms with Crippen molar-refractivity contribution in [3.63, 3.8) is 0 Å². The van der Waals surface area contributed by atoms with Gasteiger partial charge in [-0.1, -0.05) is 18.2 Å². The predicted molar refractivity (Wildman–Crippen MR) is 88.6 cm³/mol. The Balaban J connectivity index is 2.10. The highest BCUT2D eigenvalue weighted by molar-refractivity contribution is 7.80. The highest BCUT2D eigenvalue weighted by atomic mass is 32.1. The zero-order valence-electron chi connectivity index (χ0n) is 11.9. The molecule has 2 aromatic rings. The highest BCUT2D eigenvalue weighted by Crippen LogP contribution is 2.24. The Labute approximate surface area is 129 Å². The number of nitrogens with one attached hydrogen (secondary N) is 2. The molecule has 0 aliphatic heterocycles. The van der Waals surface area contributed by atoms with E-state index in [0.717, 1.165) is 11.3 Å². The normalized spacial score (nSPS) is 10.0. The molecule has 110 valence electrons. The third kappa shape index (κ3) is 4.16. The first-order valence-electron chi connectivity index (χ1n) is 6.66. The molecule has 2 N–H and O–H groups in total. The van der Waals surface area contributed by atoms with Crippen LogP contribution in [0.2, 0.25) is 0 Å². The molecule has 0 amide bonds. The van der Waals surface area contributed by atoms with Gasteiger partial charge in [-0.25, -0.2) is 4.39 Å². The molecule has 2 rings (SSSR count). The van der Waals surface area contributed by atoms with Gasteiger partial charge in [-0.2, -0.15) is 0 Å². The molecule has 0 aliphatic carbocycles. The first-order chi connectivity index (χ1) is 10.1. The number of hydrogen-bond acceptors (Lipinski definition) is 2. The van der Waals surface area contributed by atoms with E-state index in [2.05, 4.69) is 10.6 Å². The van der Waals surface area contributed by atoms with Crippen molar-refractivity contribution in [3.05, 3.63) is 53.8 Å². The van der Waals surface area contributed by atoms with E-state index in [-0.39, 0.29) is 5.82 Å². The second-order valence-electron chi connectivity index (χ2n) is 4.49. The van der Waals surface area contributed by atoms with Crippen LogP contribution in [0.4, 0.5) is 15.8 Å². The fourth-order valence-electron chi connectivity index (χ4n) is 1.86. The monoisotopic (exact) mass is 304 g/mol. The molecule has 0 aliphatic rings. The fourth-order valence-corrected chi connectivity index (χ4v) is 2.08. The van der Waals surface area contributed by atoms with E-state index in [9.17, 15) is 4.39 Å². The lowest BCUT2D eigenvalue weighted by atomic mass is 10.2. The SMILES string of the molecule is CCOc1ccccc1NC(=S)Nc1cc(C)ccc1F. The summed E-state index contributed by atoms with van der Waals surface area (Å²) >= 11 is 5.22. The van der Waals surface area contributed by atoms with Crippen LogP contribution in [-0.4, -0.2) is 11.7 Å². The second-order valence-corrected chi connectivity index (χ2v) is 4.90. The van der Waals surface area contributed by atoms with E-state index in [4.69, 9.17) is 17.0 Å². The van der Waals surface area contributed by atoms with Gasteiger partial charge in [0.1, 0.15) is 11.6 Å². The van der Waals surface area contributed by atoms with Gasteiger partial charge < -0.3 is 15.4 Å². The molecular formula is C16H17FN2OS. The number of para-hydroxylation sites is 2. The minimum absolute atomic E-state index is 0.312. The minimum atomic E-state index is -0.345. The Morgan fingerprint density at radius 1 is 1.14 bits per heavy atom. The second kappa shape index (κ2) is 7.04. The lowest BCUT2D eigenvalue weighted by Gasteiger charge is -2.14.